The highest BCUT2D eigenvalue weighted by Crippen LogP contribution is 2.41. The molecular formula is C29H32Si. The third-order valence-corrected chi connectivity index (χ3v) is 13.3. The van der Waals surface area contributed by atoms with Gasteiger partial charge >= 0.3 is 0 Å². The van der Waals surface area contributed by atoms with Crippen LogP contribution in [0.15, 0.2) is 66.7 Å². The first-order valence-electron chi connectivity index (χ1n) is 11.2. The van der Waals surface area contributed by atoms with E-state index < -0.39 is 8.07 Å². The molecule has 0 heterocycles. The Morgan fingerprint density at radius 2 is 0.933 bits per heavy atom. The van der Waals surface area contributed by atoms with Gasteiger partial charge in [0.2, 0.25) is 0 Å². The molecule has 0 nitrogen and oxygen atoms in total. The molecule has 0 saturated heterocycles. The van der Waals surface area contributed by atoms with Crippen molar-refractivity contribution in [3.05, 3.63) is 72.3 Å². The van der Waals surface area contributed by atoms with Crippen LogP contribution in [0.2, 0.25) is 16.6 Å². The van der Waals surface area contributed by atoms with Gasteiger partial charge in [-0.25, -0.2) is 0 Å². The fraction of sp³-hybridized carbons (Fsp3) is 0.310. The Morgan fingerprint density at radius 3 is 1.40 bits per heavy atom. The highest BCUT2D eigenvalue weighted by molar-refractivity contribution is 6.90. The van der Waals surface area contributed by atoms with Gasteiger partial charge in [-0.3, -0.25) is 0 Å². The van der Waals surface area contributed by atoms with Crippen molar-refractivity contribution in [1.82, 2.24) is 0 Å². The van der Waals surface area contributed by atoms with Crippen molar-refractivity contribution in [1.29, 1.82) is 0 Å². The summed E-state index contributed by atoms with van der Waals surface area (Å²) in [7, 11) is -1.78. The number of rotatable bonds is 3. The first-order chi connectivity index (χ1) is 14.4. The molecule has 0 aliphatic carbocycles. The van der Waals surface area contributed by atoms with Gasteiger partial charge in [0, 0.05) is 10.9 Å². The summed E-state index contributed by atoms with van der Waals surface area (Å²) in [6, 6.07) is 24.2. The van der Waals surface area contributed by atoms with Gasteiger partial charge in [0.15, 0.2) is 0 Å². The second-order valence-corrected chi connectivity index (χ2v) is 15.0. The average molecular weight is 409 g/mol. The van der Waals surface area contributed by atoms with Crippen LogP contribution >= 0.6 is 0 Å². The average Bonchev–Trinajstić information content (AvgIpc) is 2.73. The molecule has 152 valence electrons. The van der Waals surface area contributed by atoms with Crippen LogP contribution in [0.1, 0.15) is 47.1 Å². The van der Waals surface area contributed by atoms with Gasteiger partial charge in [-0.2, -0.15) is 0 Å². The molecule has 0 spiro atoms. The zero-order valence-corrected chi connectivity index (χ0v) is 20.1. The van der Waals surface area contributed by atoms with E-state index in [1.807, 2.05) is 0 Å². The Bertz CT molecular complexity index is 1210. The number of fused-ring (bicyclic) bond motifs is 6. The van der Waals surface area contributed by atoms with Crippen molar-refractivity contribution in [3.8, 4) is 11.5 Å². The normalized spacial score (nSPS) is 12.3. The van der Waals surface area contributed by atoms with E-state index in [-0.39, 0.29) is 0 Å². The Labute approximate surface area is 182 Å². The number of hydrogen-bond acceptors (Lipinski definition) is 0. The van der Waals surface area contributed by atoms with E-state index in [2.05, 4.69) is 120 Å². The first-order valence-corrected chi connectivity index (χ1v) is 13.5. The monoisotopic (exact) mass is 408 g/mol. The van der Waals surface area contributed by atoms with E-state index in [1.54, 1.807) is 0 Å². The molecular weight excluding hydrogens is 376 g/mol. The predicted molar refractivity (Wildman–Crippen MR) is 137 cm³/mol. The fourth-order valence-corrected chi connectivity index (χ4v) is 10.9. The molecule has 1 heteroatoms. The maximum absolute atomic E-state index is 3.94. The van der Waals surface area contributed by atoms with Gasteiger partial charge in [0.05, 0.1) is 0 Å². The second kappa shape index (κ2) is 7.93. The molecule has 0 radical (unpaired) electrons. The standard InChI is InChI=1S/C29H32Si/c1-20(2)30(21(3)4,22(5)6)19-18-23-12-11-17-28-26-14-8-7-13-24(26)25-15-9-10-16-27(25)29(23)28/h7-17,20-22H,1-6H3. The van der Waals surface area contributed by atoms with Crippen LogP contribution < -0.4 is 0 Å². The molecule has 0 aliphatic rings. The molecule has 4 rings (SSSR count). The lowest BCUT2D eigenvalue weighted by molar-refractivity contribution is 0.838. The lowest BCUT2D eigenvalue weighted by Gasteiger charge is -2.38. The topological polar surface area (TPSA) is 0 Å². The van der Waals surface area contributed by atoms with Crippen molar-refractivity contribution in [2.75, 3.05) is 0 Å². The van der Waals surface area contributed by atoms with Crippen LogP contribution in [0.25, 0.3) is 32.3 Å². The molecule has 0 N–H and O–H groups in total. The molecule has 0 fully saturated rings. The van der Waals surface area contributed by atoms with Crippen molar-refractivity contribution < 1.29 is 0 Å². The van der Waals surface area contributed by atoms with Crippen LogP contribution in [0, 0.1) is 11.5 Å². The molecule has 0 saturated carbocycles. The molecule has 4 aromatic rings. The molecule has 0 aliphatic heterocycles. The van der Waals surface area contributed by atoms with Crippen molar-refractivity contribution in [3.63, 3.8) is 0 Å². The van der Waals surface area contributed by atoms with Crippen LogP contribution in [-0.4, -0.2) is 8.07 Å². The molecule has 0 amide bonds. The zero-order chi connectivity index (χ0) is 21.5. The first kappa shape index (κ1) is 20.7. The molecule has 30 heavy (non-hydrogen) atoms. The fourth-order valence-electron chi connectivity index (χ4n) is 5.67. The van der Waals surface area contributed by atoms with E-state index in [4.69, 9.17) is 0 Å². The summed E-state index contributed by atoms with van der Waals surface area (Å²) in [5.74, 6) is 3.74. The lowest BCUT2D eigenvalue weighted by Crippen LogP contribution is -2.43. The summed E-state index contributed by atoms with van der Waals surface area (Å²) in [6.07, 6.45) is 0. The zero-order valence-electron chi connectivity index (χ0n) is 19.1. The predicted octanol–water partition coefficient (Wildman–Crippen LogP) is 8.72. The second-order valence-electron chi connectivity index (χ2n) is 9.47. The van der Waals surface area contributed by atoms with E-state index in [0.717, 1.165) is 0 Å². The van der Waals surface area contributed by atoms with Crippen LogP contribution in [0.5, 0.6) is 0 Å². The van der Waals surface area contributed by atoms with E-state index >= 15 is 0 Å². The summed E-state index contributed by atoms with van der Waals surface area (Å²) in [5, 5.41) is 7.87. The molecule has 0 aromatic heterocycles. The Balaban J connectivity index is 2.09. The minimum Gasteiger partial charge on any atom is -0.125 e. The minimum absolute atomic E-state index is 0.637. The maximum Gasteiger partial charge on any atom is 0.146 e. The van der Waals surface area contributed by atoms with Crippen molar-refractivity contribution in [2.45, 2.75) is 58.2 Å². The Kier molecular flexibility index (Phi) is 5.47. The summed E-state index contributed by atoms with van der Waals surface area (Å²) in [4.78, 5) is 0. The van der Waals surface area contributed by atoms with Gasteiger partial charge < -0.3 is 0 Å². The lowest BCUT2D eigenvalue weighted by atomic mass is 9.92. The van der Waals surface area contributed by atoms with E-state index in [9.17, 15) is 0 Å². The van der Waals surface area contributed by atoms with Crippen LogP contribution in [0.3, 0.4) is 0 Å². The van der Waals surface area contributed by atoms with Gasteiger partial charge in [0.25, 0.3) is 0 Å². The third kappa shape index (κ3) is 3.15. The van der Waals surface area contributed by atoms with Crippen LogP contribution in [-0.2, 0) is 0 Å². The van der Waals surface area contributed by atoms with Crippen molar-refractivity contribution in [2.24, 2.45) is 0 Å². The molecule has 0 atom stereocenters. The Hall–Kier alpha value is -2.56. The minimum atomic E-state index is -1.78. The highest BCUT2D eigenvalue weighted by atomic mass is 28.3. The summed E-state index contributed by atoms with van der Waals surface area (Å²) < 4.78 is 0. The van der Waals surface area contributed by atoms with E-state index in [0.29, 0.717) is 16.6 Å². The maximum atomic E-state index is 3.94. The summed E-state index contributed by atoms with van der Waals surface area (Å²) >= 11 is 0. The molecule has 0 bridgehead atoms. The van der Waals surface area contributed by atoms with Gasteiger partial charge in [-0.1, -0.05) is 108 Å². The van der Waals surface area contributed by atoms with E-state index in [1.165, 1.54) is 37.9 Å². The quantitative estimate of drug-likeness (QED) is 0.181. The largest absolute Gasteiger partial charge is 0.146 e. The third-order valence-electron chi connectivity index (χ3n) is 7.05. The Morgan fingerprint density at radius 1 is 0.533 bits per heavy atom. The van der Waals surface area contributed by atoms with Gasteiger partial charge in [-0.15, -0.1) is 5.54 Å². The van der Waals surface area contributed by atoms with Crippen molar-refractivity contribution >= 4 is 40.4 Å². The smallest absolute Gasteiger partial charge is 0.125 e. The SMILES string of the molecule is CC(C)[Si](C#Cc1cccc2c3ccccc3c3ccccc3c12)(C(C)C)C(C)C. The summed E-state index contributed by atoms with van der Waals surface area (Å²) in [6.45, 7) is 14.3. The van der Waals surface area contributed by atoms with Gasteiger partial charge in [0.1, 0.15) is 8.07 Å². The highest BCUT2D eigenvalue weighted by Gasteiger charge is 2.41. The molecule has 4 aromatic carbocycles. The van der Waals surface area contributed by atoms with Gasteiger partial charge in [-0.05, 0) is 49.6 Å². The van der Waals surface area contributed by atoms with Crippen LogP contribution in [0.4, 0.5) is 0 Å². The molecule has 0 unspecified atom stereocenters. The number of benzene rings is 4. The number of hydrogen-bond donors (Lipinski definition) is 0. The summed E-state index contributed by atoms with van der Waals surface area (Å²) in [5.41, 5.74) is 7.03.